The van der Waals surface area contributed by atoms with E-state index < -0.39 is 48.1 Å². The number of methoxy groups -OCH3 is 1. The van der Waals surface area contributed by atoms with E-state index >= 15 is 0 Å². The average Bonchev–Trinajstić information content (AvgIpc) is 3.51. The van der Waals surface area contributed by atoms with E-state index in [4.69, 9.17) is 14.6 Å². The fraction of sp³-hybridized carbons (Fsp3) is 0.207. The van der Waals surface area contributed by atoms with Crippen molar-refractivity contribution in [3.63, 3.8) is 0 Å². The van der Waals surface area contributed by atoms with Gasteiger partial charge in [-0.1, -0.05) is 36.4 Å². The molecule has 0 saturated heterocycles. The van der Waals surface area contributed by atoms with Crippen LogP contribution in [0.5, 0.6) is 11.5 Å². The Morgan fingerprint density at radius 2 is 1.23 bits per heavy atom. The number of aliphatic hydroxyl groups is 3. The van der Waals surface area contributed by atoms with Gasteiger partial charge in [0.1, 0.15) is 6.04 Å². The summed E-state index contributed by atoms with van der Waals surface area (Å²) in [5.41, 5.74) is 0.715. The molecule has 14 heteroatoms. The zero-order valence-corrected chi connectivity index (χ0v) is 22.6. The van der Waals surface area contributed by atoms with Gasteiger partial charge in [0, 0.05) is 11.8 Å². The third-order valence-electron chi connectivity index (χ3n) is 5.57. The van der Waals surface area contributed by atoms with Crippen LogP contribution in [-0.2, 0) is 28.6 Å². The van der Waals surface area contributed by atoms with Gasteiger partial charge in [-0.05, 0) is 36.4 Å². The normalized spacial score (nSPS) is 13.2. The maximum Gasteiger partial charge on any atom is 0.346 e. The molecule has 226 valence electrons. The summed E-state index contributed by atoms with van der Waals surface area (Å²) in [6.45, 7) is -0.152. The van der Waals surface area contributed by atoms with Crippen molar-refractivity contribution < 1.29 is 63.0 Å². The Kier molecular flexibility index (Phi) is 11.7. The highest BCUT2D eigenvalue weighted by molar-refractivity contribution is 6.01. The van der Waals surface area contributed by atoms with Gasteiger partial charge in [-0.25, -0.2) is 24.0 Å². The lowest BCUT2D eigenvalue weighted by molar-refractivity contribution is -0.166. The molecular weight excluding hydrogens is 570 g/mol. The lowest BCUT2D eigenvalue weighted by atomic mass is 10.2. The lowest BCUT2D eigenvalue weighted by Gasteiger charge is -2.15. The van der Waals surface area contributed by atoms with Gasteiger partial charge in [-0.2, -0.15) is 0 Å². The fourth-order valence-corrected chi connectivity index (χ4v) is 3.34. The molecule has 2 unspecified atom stereocenters. The number of carbonyl (C=O) groups is 5. The number of ether oxygens (including phenoxy) is 5. The number of hydrogen-bond acceptors (Lipinski definition) is 14. The highest BCUT2D eigenvalue weighted by Gasteiger charge is 2.35. The second-order valence-corrected chi connectivity index (χ2v) is 8.51. The van der Waals surface area contributed by atoms with Crippen LogP contribution in [0.3, 0.4) is 0 Å². The zero-order valence-electron chi connectivity index (χ0n) is 22.6. The largest absolute Gasteiger partial charge is 0.467 e. The molecule has 1 aliphatic heterocycles. The van der Waals surface area contributed by atoms with Crippen LogP contribution in [0.1, 0.15) is 20.7 Å². The Morgan fingerprint density at radius 1 is 0.744 bits per heavy atom. The van der Waals surface area contributed by atoms with Crippen molar-refractivity contribution in [1.82, 2.24) is 0 Å². The predicted molar refractivity (Wildman–Crippen MR) is 145 cm³/mol. The molecule has 1 heterocycles. The standard InChI is InChI=1S/C18H14O8.C11H13NO5/c19-13(17(23)25-15(21)11-7-3-1-4-8-11)14(20)18(24)26-16(22)12-9-5-2-6-10-12;1-15-11(14)8(5-13)12-7-2-3-9-10(4-7)17-6-16-9/h1-10,13-14,19-20H;2-4,8,12-13H,5-6H2,1H3/t;8-/m.0/s1. The third kappa shape index (κ3) is 9.09. The van der Waals surface area contributed by atoms with Crippen LogP contribution in [-0.4, -0.2) is 83.9 Å². The minimum Gasteiger partial charge on any atom is -0.467 e. The molecule has 0 spiro atoms. The Balaban J connectivity index is 0.000000257. The Morgan fingerprint density at radius 3 is 1.70 bits per heavy atom. The summed E-state index contributed by atoms with van der Waals surface area (Å²) >= 11 is 0. The van der Waals surface area contributed by atoms with Crippen molar-refractivity contribution in [2.24, 2.45) is 0 Å². The number of aliphatic hydroxyl groups excluding tert-OH is 3. The number of hydrogen-bond donors (Lipinski definition) is 4. The van der Waals surface area contributed by atoms with E-state index in [1.165, 1.54) is 55.6 Å². The lowest BCUT2D eigenvalue weighted by Crippen LogP contribution is -2.43. The second kappa shape index (κ2) is 15.6. The summed E-state index contributed by atoms with van der Waals surface area (Å²) < 4.78 is 23.7. The van der Waals surface area contributed by atoms with Gasteiger partial charge in [-0.3, -0.25) is 0 Å². The molecule has 1 aliphatic rings. The van der Waals surface area contributed by atoms with Gasteiger partial charge in [0.25, 0.3) is 0 Å². The van der Waals surface area contributed by atoms with E-state index in [1.54, 1.807) is 30.3 Å². The van der Waals surface area contributed by atoms with E-state index in [1.807, 2.05) is 0 Å². The summed E-state index contributed by atoms with van der Waals surface area (Å²) in [5.74, 6) is -4.52. The highest BCUT2D eigenvalue weighted by atomic mass is 16.7. The number of esters is 5. The van der Waals surface area contributed by atoms with Crippen LogP contribution < -0.4 is 14.8 Å². The molecule has 0 amide bonds. The SMILES string of the molecule is COC(=O)[C@H](CO)Nc1ccc2c(c1)OCO2.O=C(OC(=O)C(O)C(O)C(=O)OC(=O)c1ccccc1)c1ccccc1. The number of rotatable bonds is 9. The highest BCUT2D eigenvalue weighted by Crippen LogP contribution is 2.34. The fourth-order valence-electron chi connectivity index (χ4n) is 3.34. The molecule has 0 aromatic heterocycles. The van der Waals surface area contributed by atoms with E-state index in [-0.39, 0.29) is 24.5 Å². The number of fused-ring (bicyclic) bond motifs is 1. The van der Waals surface area contributed by atoms with Gasteiger partial charge in [0.2, 0.25) is 6.79 Å². The van der Waals surface area contributed by atoms with Crippen LogP contribution in [0.4, 0.5) is 5.69 Å². The van der Waals surface area contributed by atoms with Gasteiger partial charge >= 0.3 is 29.8 Å². The van der Waals surface area contributed by atoms with Crippen LogP contribution in [0.25, 0.3) is 0 Å². The van der Waals surface area contributed by atoms with Crippen molar-refractivity contribution in [3.05, 3.63) is 90.0 Å². The van der Waals surface area contributed by atoms with Crippen molar-refractivity contribution in [2.75, 3.05) is 25.8 Å². The van der Waals surface area contributed by atoms with Crippen molar-refractivity contribution in [2.45, 2.75) is 18.2 Å². The molecule has 0 saturated carbocycles. The zero-order chi connectivity index (χ0) is 31.4. The molecule has 4 rings (SSSR count). The first-order valence-electron chi connectivity index (χ1n) is 12.5. The van der Waals surface area contributed by atoms with Crippen molar-refractivity contribution in [1.29, 1.82) is 0 Å². The summed E-state index contributed by atoms with van der Waals surface area (Å²) in [5, 5.41) is 31.2. The van der Waals surface area contributed by atoms with Gasteiger partial charge in [0.05, 0.1) is 24.8 Å². The minimum atomic E-state index is -2.40. The molecule has 4 N–H and O–H groups in total. The maximum absolute atomic E-state index is 11.7. The molecular formula is C29H27NO13. The van der Waals surface area contributed by atoms with Crippen LogP contribution in [0, 0.1) is 0 Å². The molecule has 0 fully saturated rings. The van der Waals surface area contributed by atoms with Gasteiger partial charge < -0.3 is 44.3 Å². The third-order valence-corrected chi connectivity index (χ3v) is 5.57. The molecule has 0 radical (unpaired) electrons. The van der Waals surface area contributed by atoms with Crippen LogP contribution in [0.2, 0.25) is 0 Å². The molecule has 3 aromatic carbocycles. The summed E-state index contributed by atoms with van der Waals surface area (Å²) in [4.78, 5) is 58.1. The van der Waals surface area contributed by atoms with Crippen molar-refractivity contribution in [3.8, 4) is 11.5 Å². The number of anilines is 1. The average molecular weight is 598 g/mol. The first-order valence-corrected chi connectivity index (χ1v) is 12.5. The Bertz CT molecular complexity index is 1360. The molecule has 14 nitrogen and oxygen atoms in total. The smallest absolute Gasteiger partial charge is 0.346 e. The summed E-state index contributed by atoms with van der Waals surface area (Å²) in [7, 11) is 1.27. The van der Waals surface area contributed by atoms with E-state index in [0.29, 0.717) is 17.2 Å². The molecule has 3 atom stereocenters. The monoisotopic (exact) mass is 597 g/mol. The first-order chi connectivity index (χ1) is 20.6. The molecule has 0 bridgehead atoms. The second-order valence-electron chi connectivity index (χ2n) is 8.51. The first kappa shape index (κ1) is 32.2. The topological polar surface area (TPSA) is 204 Å². The van der Waals surface area contributed by atoms with E-state index in [9.17, 15) is 34.2 Å². The molecule has 0 aliphatic carbocycles. The van der Waals surface area contributed by atoms with Crippen molar-refractivity contribution >= 4 is 35.5 Å². The van der Waals surface area contributed by atoms with Crippen LogP contribution >= 0.6 is 0 Å². The number of nitrogens with one attached hydrogen (secondary N) is 1. The number of benzene rings is 3. The molecule has 43 heavy (non-hydrogen) atoms. The summed E-state index contributed by atoms with van der Waals surface area (Å²) in [6.07, 6.45) is -4.81. The van der Waals surface area contributed by atoms with Gasteiger partial charge in [0.15, 0.2) is 23.7 Å². The number of carbonyl (C=O) groups excluding carboxylic acids is 5. The Hall–Kier alpha value is -5.31. The van der Waals surface area contributed by atoms with E-state index in [0.717, 1.165) is 0 Å². The molecule has 3 aromatic rings. The van der Waals surface area contributed by atoms with Gasteiger partial charge in [-0.15, -0.1) is 0 Å². The minimum absolute atomic E-state index is 0.0318. The maximum atomic E-state index is 11.7. The predicted octanol–water partition coefficient (Wildman–Crippen LogP) is 0.836. The van der Waals surface area contributed by atoms with Crippen LogP contribution in [0.15, 0.2) is 78.9 Å². The van der Waals surface area contributed by atoms with E-state index in [2.05, 4.69) is 19.5 Å². The summed E-state index contributed by atoms with van der Waals surface area (Å²) in [6, 6.07) is 19.2. The quantitative estimate of drug-likeness (QED) is 0.153. The Labute approximate surface area is 244 Å².